The Labute approximate surface area is 171 Å². The lowest BCUT2D eigenvalue weighted by Crippen LogP contribution is -2.49. The van der Waals surface area contributed by atoms with Crippen molar-refractivity contribution in [3.8, 4) is 0 Å². The van der Waals surface area contributed by atoms with Gasteiger partial charge in [-0.1, -0.05) is 18.2 Å². The van der Waals surface area contributed by atoms with Gasteiger partial charge in [0.1, 0.15) is 11.6 Å². The van der Waals surface area contributed by atoms with E-state index in [0.717, 1.165) is 43.4 Å². The van der Waals surface area contributed by atoms with E-state index in [1.165, 1.54) is 16.4 Å². The largest absolute Gasteiger partial charge is 0.354 e. The van der Waals surface area contributed by atoms with Crippen molar-refractivity contribution < 1.29 is 12.8 Å². The molecule has 9 heteroatoms. The first kappa shape index (κ1) is 20.0. The van der Waals surface area contributed by atoms with Crippen molar-refractivity contribution >= 4 is 21.8 Å². The molecule has 2 aromatic rings. The molecule has 0 bridgehead atoms. The van der Waals surface area contributed by atoms with Crippen LogP contribution in [0.2, 0.25) is 0 Å². The Bertz CT molecular complexity index is 971. The van der Waals surface area contributed by atoms with E-state index in [1.807, 2.05) is 13.0 Å². The lowest BCUT2D eigenvalue weighted by molar-refractivity contribution is 0.383. The zero-order valence-electron chi connectivity index (χ0n) is 16.6. The molecule has 0 aliphatic carbocycles. The van der Waals surface area contributed by atoms with Gasteiger partial charge in [0, 0.05) is 56.6 Å². The Morgan fingerprint density at radius 1 is 0.966 bits per heavy atom. The van der Waals surface area contributed by atoms with Crippen LogP contribution in [0.1, 0.15) is 24.1 Å². The topological polar surface area (TPSA) is 69.6 Å². The van der Waals surface area contributed by atoms with Gasteiger partial charge in [-0.25, -0.2) is 17.8 Å². The fourth-order valence-electron chi connectivity index (χ4n) is 3.86. The minimum absolute atomic E-state index is 0.205. The summed E-state index contributed by atoms with van der Waals surface area (Å²) in [5, 5.41) is 0. The maximum atomic E-state index is 13.9. The van der Waals surface area contributed by atoms with Crippen molar-refractivity contribution in [1.82, 2.24) is 14.3 Å². The number of anilines is 2. The molecule has 0 N–H and O–H groups in total. The first-order valence-corrected chi connectivity index (χ1v) is 11.6. The fraction of sp³-hybridized carbons (Fsp3) is 0.500. The molecule has 0 spiro atoms. The molecule has 2 aliphatic heterocycles. The molecular weight excluding hydrogens is 393 g/mol. The number of hydrogen-bond acceptors (Lipinski definition) is 6. The van der Waals surface area contributed by atoms with E-state index in [9.17, 15) is 12.8 Å². The summed E-state index contributed by atoms with van der Waals surface area (Å²) in [7, 11) is -3.57. The average Bonchev–Trinajstić information content (AvgIpc) is 3.24. The average molecular weight is 420 g/mol. The second-order valence-electron chi connectivity index (χ2n) is 7.60. The number of piperazine rings is 1. The first-order chi connectivity index (χ1) is 13.9. The van der Waals surface area contributed by atoms with Gasteiger partial charge >= 0.3 is 0 Å². The van der Waals surface area contributed by atoms with Crippen molar-refractivity contribution in [1.29, 1.82) is 0 Å². The van der Waals surface area contributed by atoms with Crippen molar-refractivity contribution in [2.45, 2.75) is 25.5 Å². The molecule has 4 rings (SSSR count). The summed E-state index contributed by atoms with van der Waals surface area (Å²) in [5.74, 6) is 0.795. The maximum Gasteiger partial charge on any atom is 0.227 e. The van der Waals surface area contributed by atoms with E-state index in [1.54, 1.807) is 12.1 Å². The monoisotopic (exact) mass is 419 g/mol. The highest BCUT2D eigenvalue weighted by molar-refractivity contribution is 7.88. The highest BCUT2D eigenvalue weighted by Crippen LogP contribution is 2.23. The quantitative estimate of drug-likeness (QED) is 0.740. The van der Waals surface area contributed by atoms with Gasteiger partial charge in [0.2, 0.25) is 16.0 Å². The van der Waals surface area contributed by atoms with Gasteiger partial charge in [0.05, 0.1) is 5.75 Å². The van der Waals surface area contributed by atoms with E-state index in [-0.39, 0.29) is 11.3 Å². The Morgan fingerprint density at radius 2 is 1.66 bits per heavy atom. The van der Waals surface area contributed by atoms with Crippen LogP contribution in [0.3, 0.4) is 0 Å². The Hall–Kier alpha value is -2.26. The van der Waals surface area contributed by atoms with Gasteiger partial charge in [0.25, 0.3) is 0 Å². The highest BCUT2D eigenvalue weighted by atomic mass is 32.2. The van der Waals surface area contributed by atoms with E-state index >= 15 is 0 Å². The summed E-state index contributed by atoms with van der Waals surface area (Å²) in [5.41, 5.74) is 1.11. The molecule has 7 nitrogen and oxygen atoms in total. The lowest BCUT2D eigenvalue weighted by Gasteiger charge is -2.35. The van der Waals surface area contributed by atoms with Gasteiger partial charge in [0.15, 0.2) is 0 Å². The minimum Gasteiger partial charge on any atom is -0.354 e. The van der Waals surface area contributed by atoms with Crippen LogP contribution in [0.5, 0.6) is 0 Å². The maximum absolute atomic E-state index is 13.9. The fourth-order valence-corrected chi connectivity index (χ4v) is 5.39. The predicted molar refractivity (Wildman–Crippen MR) is 111 cm³/mol. The van der Waals surface area contributed by atoms with Crippen LogP contribution in [-0.2, 0) is 15.8 Å². The van der Waals surface area contributed by atoms with Crippen LogP contribution in [0.15, 0.2) is 30.3 Å². The molecule has 1 aromatic carbocycles. The van der Waals surface area contributed by atoms with Gasteiger partial charge in [-0.2, -0.15) is 9.29 Å². The Morgan fingerprint density at radius 3 is 2.34 bits per heavy atom. The van der Waals surface area contributed by atoms with Crippen LogP contribution < -0.4 is 9.80 Å². The van der Waals surface area contributed by atoms with Gasteiger partial charge in [-0.3, -0.25) is 0 Å². The van der Waals surface area contributed by atoms with Gasteiger partial charge in [-0.05, 0) is 25.8 Å². The molecule has 29 heavy (non-hydrogen) atoms. The first-order valence-electron chi connectivity index (χ1n) is 9.99. The molecule has 0 saturated carbocycles. The van der Waals surface area contributed by atoms with Gasteiger partial charge in [-0.15, -0.1) is 0 Å². The zero-order valence-corrected chi connectivity index (χ0v) is 17.4. The molecule has 2 fully saturated rings. The van der Waals surface area contributed by atoms with Crippen molar-refractivity contribution in [2.75, 3.05) is 49.1 Å². The van der Waals surface area contributed by atoms with Crippen LogP contribution in [0.4, 0.5) is 16.2 Å². The van der Waals surface area contributed by atoms with Crippen molar-refractivity contribution in [2.24, 2.45) is 0 Å². The molecule has 0 amide bonds. The predicted octanol–water partition coefficient (Wildman–Crippen LogP) is 2.18. The standard InChI is InChI=1S/C20H26FN5O2S/c1-16-14-19(23-20(22-16)25-8-4-5-9-25)24-10-12-26(13-11-24)29(27,28)15-17-6-2-3-7-18(17)21/h2-3,6-7,14H,4-5,8-13,15H2,1H3. The SMILES string of the molecule is Cc1cc(N2CCN(S(=O)(=O)Cc3ccccc3F)CC2)nc(N2CCCC2)n1. The molecule has 0 atom stereocenters. The summed E-state index contributed by atoms with van der Waals surface area (Å²) >= 11 is 0. The van der Waals surface area contributed by atoms with Crippen LogP contribution in [0, 0.1) is 12.7 Å². The van der Waals surface area contributed by atoms with Gasteiger partial charge < -0.3 is 9.80 Å². The third-order valence-electron chi connectivity index (χ3n) is 5.47. The number of rotatable bonds is 5. The van der Waals surface area contributed by atoms with E-state index in [2.05, 4.69) is 14.8 Å². The molecular formula is C20H26FN5O2S. The molecule has 3 heterocycles. The second kappa shape index (κ2) is 8.23. The molecule has 0 radical (unpaired) electrons. The molecule has 2 aliphatic rings. The summed E-state index contributed by atoms with van der Waals surface area (Å²) in [6, 6.07) is 7.97. The number of halogens is 1. The van der Waals surface area contributed by atoms with E-state index < -0.39 is 15.8 Å². The Kier molecular flexibility index (Phi) is 5.69. The number of nitrogens with zero attached hydrogens (tertiary/aromatic N) is 5. The minimum atomic E-state index is -3.57. The number of aryl methyl sites for hydroxylation is 1. The molecule has 156 valence electrons. The Balaban J connectivity index is 1.43. The molecule has 0 unspecified atom stereocenters. The van der Waals surface area contributed by atoms with E-state index in [0.29, 0.717) is 26.2 Å². The summed E-state index contributed by atoms with van der Waals surface area (Å²) < 4.78 is 40.8. The summed E-state index contributed by atoms with van der Waals surface area (Å²) in [6.07, 6.45) is 2.32. The molecule has 2 saturated heterocycles. The van der Waals surface area contributed by atoms with Crippen LogP contribution in [-0.4, -0.2) is 62.0 Å². The number of sulfonamides is 1. The number of hydrogen-bond donors (Lipinski definition) is 0. The number of aromatic nitrogens is 2. The second-order valence-corrected chi connectivity index (χ2v) is 9.56. The van der Waals surface area contributed by atoms with Crippen molar-refractivity contribution in [3.05, 3.63) is 47.4 Å². The van der Waals surface area contributed by atoms with E-state index in [4.69, 9.17) is 4.98 Å². The number of benzene rings is 1. The summed E-state index contributed by atoms with van der Waals surface area (Å²) in [4.78, 5) is 13.6. The lowest BCUT2D eigenvalue weighted by atomic mass is 10.2. The normalized spacial score (nSPS) is 18.4. The third-order valence-corrected chi connectivity index (χ3v) is 7.30. The highest BCUT2D eigenvalue weighted by Gasteiger charge is 2.29. The zero-order chi connectivity index (χ0) is 20.4. The van der Waals surface area contributed by atoms with Crippen molar-refractivity contribution in [3.63, 3.8) is 0 Å². The van der Waals surface area contributed by atoms with Crippen LogP contribution in [0.25, 0.3) is 0 Å². The smallest absolute Gasteiger partial charge is 0.227 e. The molecule has 1 aromatic heterocycles. The summed E-state index contributed by atoms with van der Waals surface area (Å²) in [6.45, 7) is 5.73. The third kappa shape index (κ3) is 4.51. The van der Waals surface area contributed by atoms with Crippen LogP contribution >= 0.6 is 0 Å².